The molecule has 0 saturated heterocycles. The molecule has 0 fully saturated rings. The molecule has 0 bridgehead atoms. The van der Waals surface area contributed by atoms with E-state index in [1.54, 1.807) is 25.3 Å². The zero-order valence-electron chi connectivity index (χ0n) is 15.9. The lowest BCUT2D eigenvalue weighted by Gasteiger charge is -2.11. The minimum atomic E-state index is -0.227. The Morgan fingerprint density at radius 3 is 2.52 bits per heavy atom. The first-order chi connectivity index (χ1) is 13.0. The first kappa shape index (κ1) is 18.5. The van der Waals surface area contributed by atoms with Crippen molar-refractivity contribution >= 4 is 11.6 Å². The number of nitrogens with one attached hydrogen (secondary N) is 1. The van der Waals surface area contributed by atoms with Crippen LogP contribution in [0.4, 0.5) is 5.69 Å². The first-order valence-corrected chi connectivity index (χ1v) is 8.79. The molecule has 0 aliphatic carbocycles. The third-order valence-electron chi connectivity index (χ3n) is 4.26. The summed E-state index contributed by atoms with van der Waals surface area (Å²) in [5.41, 5.74) is 3.76. The monoisotopic (exact) mass is 365 g/mol. The van der Waals surface area contributed by atoms with Gasteiger partial charge < -0.3 is 14.8 Å². The quantitative estimate of drug-likeness (QED) is 0.713. The molecular formula is C21H23N3O3. The number of hydrogen-bond acceptors (Lipinski definition) is 4. The standard InChI is InChI=1S/C21H23N3O3/c1-5-27-18-12-11-16(13-19(18)26-4)21(25)22-20-14(2)23-24(15(20)3)17-9-7-6-8-10-17/h6-13H,5H2,1-4H3,(H,22,25). The maximum absolute atomic E-state index is 12.8. The van der Waals surface area contributed by atoms with Crippen molar-refractivity contribution in [1.29, 1.82) is 0 Å². The molecule has 27 heavy (non-hydrogen) atoms. The Kier molecular flexibility index (Phi) is 5.45. The van der Waals surface area contributed by atoms with E-state index in [1.165, 1.54) is 0 Å². The van der Waals surface area contributed by atoms with Crippen LogP contribution in [0.15, 0.2) is 48.5 Å². The third kappa shape index (κ3) is 3.79. The van der Waals surface area contributed by atoms with Gasteiger partial charge >= 0.3 is 0 Å². The number of aromatic nitrogens is 2. The van der Waals surface area contributed by atoms with Gasteiger partial charge in [0.1, 0.15) is 0 Å². The smallest absolute Gasteiger partial charge is 0.255 e. The molecule has 3 rings (SSSR count). The molecule has 0 aliphatic rings. The van der Waals surface area contributed by atoms with Crippen LogP contribution in [-0.2, 0) is 0 Å². The molecule has 6 nitrogen and oxygen atoms in total. The molecule has 0 atom stereocenters. The van der Waals surface area contributed by atoms with Gasteiger partial charge in [0, 0.05) is 5.56 Å². The Hall–Kier alpha value is -3.28. The highest BCUT2D eigenvalue weighted by Gasteiger charge is 2.17. The van der Waals surface area contributed by atoms with Gasteiger partial charge in [0.15, 0.2) is 11.5 Å². The number of rotatable bonds is 6. The van der Waals surface area contributed by atoms with Gasteiger partial charge in [-0.05, 0) is 51.1 Å². The average molecular weight is 365 g/mol. The SMILES string of the molecule is CCOc1ccc(C(=O)Nc2c(C)nn(-c3ccccc3)c2C)cc1OC. The highest BCUT2D eigenvalue weighted by molar-refractivity contribution is 6.05. The number of aryl methyl sites for hydroxylation is 1. The van der Waals surface area contributed by atoms with E-state index in [4.69, 9.17) is 9.47 Å². The van der Waals surface area contributed by atoms with Gasteiger partial charge in [0.2, 0.25) is 0 Å². The summed E-state index contributed by atoms with van der Waals surface area (Å²) >= 11 is 0. The molecule has 0 spiro atoms. The van der Waals surface area contributed by atoms with Gasteiger partial charge in [-0.1, -0.05) is 18.2 Å². The van der Waals surface area contributed by atoms with E-state index >= 15 is 0 Å². The molecular weight excluding hydrogens is 342 g/mol. The number of amides is 1. The minimum Gasteiger partial charge on any atom is -0.493 e. The number of carbonyl (C=O) groups is 1. The number of para-hydroxylation sites is 1. The summed E-state index contributed by atoms with van der Waals surface area (Å²) in [5.74, 6) is 0.911. The molecule has 1 amide bonds. The maximum atomic E-state index is 12.8. The van der Waals surface area contributed by atoms with Crippen LogP contribution in [0.2, 0.25) is 0 Å². The summed E-state index contributed by atoms with van der Waals surface area (Å²) in [7, 11) is 1.55. The van der Waals surface area contributed by atoms with E-state index in [2.05, 4.69) is 10.4 Å². The van der Waals surface area contributed by atoms with Crippen molar-refractivity contribution in [2.24, 2.45) is 0 Å². The Morgan fingerprint density at radius 2 is 1.85 bits per heavy atom. The van der Waals surface area contributed by atoms with E-state index < -0.39 is 0 Å². The van der Waals surface area contributed by atoms with Crippen molar-refractivity contribution < 1.29 is 14.3 Å². The molecule has 2 aromatic carbocycles. The molecule has 0 aliphatic heterocycles. The van der Waals surface area contributed by atoms with Crippen molar-refractivity contribution in [1.82, 2.24) is 9.78 Å². The Morgan fingerprint density at radius 1 is 1.11 bits per heavy atom. The van der Waals surface area contributed by atoms with Crippen LogP contribution in [0.5, 0.6) is 11.5 Å². The van der Waals surface area contributed by atoms with E-state index in [0.717, 1.165) is 17.1 Å². The molecule has 1 heterocycles. The fraction of sp³-hybridized carbons (Fsp3) is 0.238. The van der Waals surface area contributed by atoms with Crippen molar-refractivity contribution in [2.45, 2.75) is 20.8 Å². The summed E-state index contributed by atoms with van der Waals surface area (Å²) in [6, 6.07) is 14.9. The number of hydrogen-bond donors (Lipinski definition) is 1. The highest BCUT2D eigenvalue weighted by atomic mass is 16.5. The number of carbonyl (C=O) groups excluding carboxylic acids is 1. The average Bonchev–Trinajstić information content (AvgIpc) is 2.97. The predicted octanol–water partition coefficient (Wildman–Crippen LogP) is 4.15. The molecule has 6 heteroatoms. The van der Waals surface area contributed by atoms with Crippen molar-refractivity contribution in [3.05, 3.63) is 65.5 Å². The number of benzene rings is 2. The Bertz CT molecular complexity index is 949. The lowest BCUT2D eigenvalue weighted by atomic mass is 10.1. The van der Waals surface area contributed by atoms with Crippen LogP contribution in [0.1, 0.15) is 28.7 Å². The zero-order valence-corrected chi connectivity index (χ0v) is 15.9. The second kappa shape index (κ2) is 7.95. The lowest BCUT2D eigenvalue weighted by Crippen LogP contribution is -2.13. The number of ether oxygens (including phenoxy) is 2. The van der Waals surface area contributed by atoms with Crippen molar-refractivity contribution in [3.63, 3.8) is 0 Å². The zero-order chi connectivity index (χ0) is 19.4. The largest absolute Gasteiger partial charge is 0.493 e. The molecule has 1 aromatic heterocycles. The van der Waals surface area contributed by atoms with E-state index in [-0.39, 0.29) is 5.91 Å². The van der Waals surface area contributed by atoms with Gasteiger partial charge in [0.25, 0.3) is 5.91 Å². The Balaban J connectivity index is 1.88. The molecule has 140 valence electrons. The van der Waals surface area contributed by atoms with Gasteiger partial charge in [-0.25, -0.2) is 4.68 Å². The van der Waals surface area contributed by atoms with E-state index in [9.17, 15) is 4.79 Å². The number of methoxy groups -OCH3 is 1. The van der Waals surface area contributed by atoms with Crippen LogP contribution in [0, 0.1) is 13.8 Å². The third-order valence-corrected chi connectivity index (χ3v) is 4.26. The molecule has 1 N–H and O–H groups in total. The molecule has 0 saturated carbocycles. The fourth-order valence-corrected chi connectivity index (χ4v) is 2.91. The van der Waals surface area contributed by atoms with Crippen molar-refractivity contribution in [3.8, 4) is 17.2 Å². The second-order valence-corrected chi connectivity index (χ2v) is 6.05. The van der Waals surface area contributed by atoms with Gasteiger partial charge in [0.05, 0.1) is 36.5 Å². The summed E-state index contributed by atoms with van der Waals surface area (Å²) < 4.78 is 12.7. The number of nitrogens with zero attached hydrogens (tertiary/aromatic N) is 2. The molecule has 0 radical (unpaired) electrons. The van der Waals surface area contributed by atoms with Crippen molar-refractivity contribution in [2.75, 3.05) is 19.0 Å². The summed E-state index contributed by atoms with van der Waals surface area (Å²) in [6.45, 7) is 6.23. The van der Waals surface area contributed by atoms with E-state index in [1.807, 2.05) is 55.8 Å². The fourth-order valence-electron chi connectivity index (χ4n) is 2.91. The van der Waals surface area contributed by atoms with Crippen LogP contribution >= 0.6 is 0 Å². The van der Waals surface area contributed by atoms with Gasteiger partial charge in [-0.15, -0.1) is 0 Å². The lowest BCUT2D eigenvalue weighted by molar-refractivity contribution is 0.102. The summed E-state index contributed by atoms with van der Waals surface area (Å²) in [5, 5.41) is 7.53. The normalized spacial score (nSPS) is 10.5. The van der Waals surface area contributed by atoms with E-state index in [0.29, 0.717) is 29.4 Å². The molecule has 0 unspecified atom stereocenters. The van der Waals surface area contributed by atoms with Crippen LogP contribution < -0.4 is 14.8 Å². The minimum absolute atomic E-state index is 0.227. The van der Waals surface area contributed by atoms with Gasteiger partial charge in [-0.2, -0.15) is 5.10 Å². The topological polar surface area (TPSA) is 65.4 Å². The van der Waals surface area contributed by atoms with Crippen LogP contribution in [-0.4, -0.2) is 29.4 Å². The van der Waals surface area contributed by atoms with Crippen LogP contribution in [0.25, 0.3) is 5.69 Å². The van der Waals surface area contributed by atoms with Gasteiger partial charge in [-0.3, -0.25) is 4.79 Å². The Labute approximate surface area is 158 Å². The first-order valence-electron chi connectivity index (χ1n) is 8.79. The molecule has 3 aromatic rings. The van der Waals surface area contributed by atoms with Crippen LogP contribution in [0.3, 0.4) is 0 Å². The maximum Gasteiger partial charge on any atom is 0.255 e. The summed E-state index contributed by atoms with van der Waals surface area (Å²) in [6.07, 6.45) is 0. The summed E-state index contributed by atoms with van der Waals surface area (Å²) in [4.78, 5) is 12.8. The number of anilines is 1. The second-order valence-electron chi connectivity index (χ2n) is 6.05. The highest BCUT2D eigenvalue weighted by Crippen LogP contribution is 2.29. The predicted molar refractivity (Wildman–Crippen MR) is 105 cm³/mol.